The van der Waals surface area contributed by atoms with Gasteiger partial charge in [0.1, 0.15) is 11.8 Å². The van der Waals surface area contributed by atoms with E-state index < -0.39 is 17.8 Å². The molecule has 0 saturated heterocycles. The lowest BCUT2D eigenvalue weighted by molar-refractivity contribution is -0.121. The number of amides is 2. The van der Waals surface area contributed by atoms with Gasteiger partial charge in [0.15, 0.2) is 11.2 Å². The Morgan fingerprint density at radius 1 is 1.10 bits per heavy atom. The van der Waals surface area contributed by atoms with Crippen molar-refractivity contribution in [1.29, 1.82) is 0 Å². The third-order valence-electron chi connectivity index (χ3n) is 8.23. The van der Waals surface area contributed by atoms with Crippen LogP contribution in [0.2, 0.25) is 10.0 Å². The summed E-state index contributed by atoms with van der Waals surface area (Å²) in [6.07, 6.45) is 1.92. The van der Waals surface area contributed by atoms with Crippen molar-refractivity contribution < 1.29 is 18.7 Å². The van der Waals surface area contributed by atoms with Crippen LogP contribution in [0, 0.1) is 0 Å². The summed E-state index contributed by atoms with van der Waals surface area (Å²) in [7, 11) is 3.66. The summed E-state index contributed by atoms with van der Waals surface area (Å²) < 4.78 is 21.8. The van der Waals surface area contributed by atoms with E-state index in [1.54, 1.807) is 46.6 Å². The molecule has 0 spiro atoms. The van der Waals surface area contributed by atoms with Crippen molar-refractivity contribution in [3.05, 3.63) is 81.3 Å². The number of thiazole rings is 1. The lowest BCUT2D eigenvalue weighted by atomic mass is 10.1. The SMILES string of the molecule is CN(CCN(C)c1ccc(N2c3c(Cl)ccc(Cl)c3CN2[C@@H](C(=O)Nc2nccs2)c2ncn3c2C[C@@H](F)C3)cc1)C(=O)OC(C)(C)C. The van der Waals surface area contributed by atoms with Crippen LogP contribution in [-0.4, -0.2) is 75.4 Å². The van der Waals surface area contributed by atoms with Crippen molar-refractivity contribution in [3.8, 4) is 0 Å². The second-order valence-electron chi connectivity index (χ2n) is 12.9. The number of hydrazine groups is 1. The second kappa shape index (κ2) is 13.5. The zero-order valence-corrected chi connectivity index (χ0v) is 29.6. The maximum absolute atomic E-state index is 14.6. The molecule has 15 heteroatoms. The number of hydrogen-bond acceptors (Lipinski definition) is 9. The number of likely N-dealkylation sites (N-methyl/N-ethyl adjacent to an activating group) is 2. The first-order valence-electron chi connectivity index (χ1n) is 15.5. The van der Waals surface area contributed by atoms with E-state index in [4.69, 9.17) is 27.9 Å². The van der Waals surface area contributed by atoms with Crippen LogP contribution >= 0.6 is 34.5 Å². The summed E-state index contributed by atoms with van der Waals surface area (Å²) >= 11 is 14.9. The zero-order valence-electron chi connectivity index (χ0n) is 27.3. The molecule has 11 nitrogen and oxygen atoms in total. The minimum Gasteiger partial charge on any atom is -0.444 e. The monoisotopic (exact) mass is 714 g/mol. The van der Waals surface area contributed by atoms with Crippen molar-refractivity contribution in [2.75, 3.05) is 42.4 Å². The van der Waals surface area contributed by atoms with E-state index in [9.17, 15) is 14.0 Å². The average Bonchev–Trinajstić information content (AvgIpc) is 3.83. The molecule has 0 unspecified atom stereocenters. The topological polar surface area (TPSA) is 99.1 Å². The fraction of sp³-hybridized carbons (Fsp3) is 0.394. The lowest BCUT2D eigenvalue weighted by Crippen LogP contribution is -2.43. The lowest BCUT2D eigenvalue weighted by Gasteiger charge is -2.36. The van der Waals surface area contributed by atoms with Gasteiger partial charge in [-0.05, 0) is 57.2 Å². The Morgan fingerprint density at radius 2 is 1.83 bits per heavy atom. The molecule has 2 aliphatic rings. The van der Waals surface area contributed by atoms with Gasteiger partial charge in [-0.1, -0.05) is 23.2 Å². The number of aromatic nitrogens is 3. The molecular weight excluding hydrogens is 678 g/mol. The molecule has 2 aromatic heterocycles. The number of benzene rings is 2. The highest BCUT2D eigenvalue weighted by atomic mass is 35.5. The largest absolute Gasteiger partial charge is 0.444 e. The van der Waals surface area contributed by atoms with Crippen LogP contribution in [0.3, 0.4) is 0 Å². The Labute approximate surface area is 292 Å². The molecule has 0 saturated carbocycles. The first-order valence-corrected chi connectivity index (χ1v) is 17.1. The van der Waals surface area contributed by atoms with E-state index in [-0.39, 0.29) is 31.5 Å². The summed E-state index contributed by atoms with van der Waals surface area (Å²) in [6.45, 7) is 6.97. The van der Waals surface area contributed by atoms with Gasteiger partial charge in [0.25, 0.3) is 5.91 Å². The van der Waals surface area contributed by atoms with Crippen molar-refractivity contribution in [3.63, 3.8) is 0 Å². The first kappa shape index (κ1) is 34.0. The van der Waals surface area contributed by atoms with Gasteiger partial charge in [-0.3, -0.25) is 9.80 Å². The number of ether oxygens (including phenoxy) is 1. The molecule has 0 bridgehead atoms. The predicted octanol–water partition coefficient (Wildman–Crippen LogP) is 7.09. The van der Waals surface area contributed by atoms with E-state index in [2.05, 4.69) is 15.3 Å². The molecule has 2 aromatic carbocycles. The van der Waals surface area contributed by atoms with Crippen LogP contribution in [-0.2, 0) is 29.0 Å². The molecule has 0 radical (unpaired) electrons. The second-order valence-corrected chi connectivity index (χ2v) is 14.6. The Morgan fingerprint density at radius 3 is 2.52 bits per heavy atom. The van der Waals surface area contributed by atoms with Crippen LogP contribution < -0.4 is 15.2 Å². The maximum atomic E-state index is 14.6. The minimum absolute atomic E-state index is 0.156. The molecule has 254 valence electrons. The zero-order chi connectivity index (χ0) is 34.3. The quantitative estimate of drug-likeness (QED) is 0.196. The van der Waals surface area contributed by atoms with E-state index in [1.165, 1.54) is 11.3 Å². The van der Waals surface area contributed by atoms with E-state index in [1.807, 2.05) is 67.0 Å². The molecule has 6 rings (SSSR count). The van der Waals surface area contributed by atoms with Gasteiger partial charge in [-0.15, -0.1) is 11.3 Å². The summed E-state index contributed by atoms with van der Waals surface area (Å²) in [4.78, 5) is 39.1. The predicted molar refractivity (Wildman–Crippen MR) is 187 cm³/mol. The number of carbonyl (C=O) groups excluding carboxylic acids is 2. The molecule has 2 atom stereocenters. The van der Waals surface area contributed by atoms with Crippen LogP contribution in [0.25, 0.3) is 0 Å². The van der Waals surface area contributed by atoms with Crippen molar-refractivity contribution in [1.82, 2.24) is 24.4 Å². The Hall–Kier alpha value is -3.91. The first-order chi connectivity index (χ1) is 22.8. The highest BCUT2D eigenvalue weighted by Gasteiger charge is 2.44. The Balaban J connectivity index is 1.32. The summed E-state index contributed by atoms with van der Waals surface area (Å²) in [5.74, 6) is -0.371. The van der Waals surface area contributed by atoms with Crippen LogP contribution in [0.4, 0.5) is 31.4 Å². The molecule has 0 aliphatic carbocycles. The summed E-state index contributed by atoms with van der Waals surface area (Å²) in [5.41, 5.74) is 3.60. The fourth-order valence-electron chi connectivity index (χ4n) is 5.89. The van der Waals surface area contributed by atoms with Gasteiger partial charge >= 0.3 is 6.09 Å². The normalized spacial score (nSPS) is 16.4. The molecule has 4 aromatic rings. The van der Waals surface area contributed by atoms with Crippen LogP contribution in [0.1, 0.15) is 43.8 Å². The highest BCUT2D eigenvalue weighted by molar-refractivity contribution is 7.13. The number of hydrogen-bond donors (Lipinski definition) is 1. The van der Waals surface area contributed by atoms with Gasteiger partial charge in [0.05, 0.1) is 35.0 Å². The number of nitrogens with zero attached hydrogens (tertiary/aromatic N) is 7. The van der Waals surface area contributed by atoms with Gasteiger partial charge < -0.3 is 24.4 Å². The number of nitrogens with one attached hydrogen (secondary N) is 1. The standard InChI is InChI=1S/C33H37Cl2FN8O3S/c1-33(2,3)47-32(46)41(5)14-13-40(4)21-6-8-22(9-7-21)44-28-23(24(34)10-11-25(28)35)18-43(44)29(30(45)39-31-37-12-15-48-31)27-26-16-20(36)17-42(26)19-38-27/h6-12,15,19-20,29H,13-14,16-18H2,1-5H3,(H,37,39,45)/t20-,29-/m1/s1. The fourth-order valence-corrected chi connectivity index (χ4v) is 6.90. The van der Waals surface area contributed by atoms with Crippen LogP contribution in [0.15, 0.2) is 54.3 Å². The molecule has 2 aliphatic heterocycles. The van der Waals surface area contributed by atoms with Gasteiger partial charge in [0.2, 0.25) is 0 Å². The minimum atomic E-state index is -1.06. The van der Waals surface area contributed by atoms with Crippen LogP contribution in [0.5, 0.6) is 0 Å². The average molecular weight is 716 g/mol. The van der Waals surface area contributed by atoms with E-state index in [0.29, 0.717) is 45.3 Å². The number of rotatable bonds is 9. The highest BCUT2D eigenvalue weighted by Crippen LogP contribution is 2.49. The number of alkyl halides is 1. The third kappa shape index (κ3) is 6.95. The molecule has 0 fully saturated rings. The summed E-state index contributed by atoms with van der Waals surface area (Å²) in [5, 5.41) is 9.87. The number of fused-ring (bicyclic) bond motifs is 2. The Kier molecular flexibility index (Phi) is 9.58. The molecule has 1 N–H and O–H groups in total. The van der Waals surface area contributed by atoms with Crippen molar-refractivity contribution in [2.45, 2.75) is 58.1 Å². The maximum Gasteiger partial charge on any atom is 0.410 e. The van der Waals surface area contributed by atoms with E-state index >= 15 is 0 Å². The van der Waals surface area contributed by atoms with Crippen molar-refractivity contribution in [2.24, 2.45) is 0 Å². The number of halogens is 3. The van der Waals surface area contributed by atoms with Gasteiger partial charge in [-0.2, -0.15) is 5.01 Å². The number of carbonyl (C=O) groups is 2. The molecule has 48 heavy (non-hydrogen) atoms. The van der Waals surface area contributed by atoms with Crippen molar-refractivity contribution >= 4 is 68.7 Å². The van der Waals surface area contributed by atoms with E-state index in [0.717, 1.165) is 16.9 Å². The number of anilines is 4. The third-order valence-corrected chi connectivity index (χ3v) is 9.58. The van der Waals surface area contributed by atoms with Gasteiger partial charge in [-0.25, -0.2) is 19.2 Å². The summed E-state index contributed by atoms with van der Waals surface area (Å²) in [6, 6.07) is 10.3. The molecule has 2 amide bonds. The van der Waals surface area contributed by atoms with Gasteiger partial charge in [0, 0.05) is 73.7 Å². The number of imidazole rings is 1. The Bertz CT molecular complexity index is 1800. The molecule has 4 heterocycles. The molecular formula is C33H37Cl2FN8O3S. The smallest absolute Gasteiger partial charge is 0.410 e.